The summed E-state index contributed by atoms with van der Waals surface area (Å²) >= 11 is 6.87. The van der Waals surface area contributed by atoms with Gasteiger partial charge >= 0.3 is 5.97 Å². The van der Waals surface area contributed by atoms with Gasteiger partial charge in [-0.2, -0.15) is 0 Å². The molecular weight excluding hydrogens is 488 g/mol. The van der Waals surface area contributed by atoms with E-state index in [2.05, 4.69) is 43.7 Å². The van der Waals surface area contributed by atoms with Crippen molar-refractivity contribution in [1.82, 2.24) is 0 Å². The highest BCUT2D eigenvalue weighted by atomic mass is 79.9. The Morgan fingerprint density at radius 3 is 2.46 bits per heavy atom. The van der Waals surface area contributed by atoms with E-state index < -0.39 is 12.1 Å². The summed E-state index contributed by atoms with van der Waals surface area (Å²) in [5.41, 5.74) is 1.80. The minimum absolute atomic E-state index is 0.324. The maximum Gasteiger partial charge on any atom is 0.333 e. The molecule has 2 rings (SSSR count). The Morgan fingerprint density at radius 2 is 1.86 bits per heavy atom. The molecule has 0 heterocycles. The van der Waals surface area contributed by atoms with Gasteiger partial charge in [-0.15, -0.1) is 0 Å². The van der Waals surface area contributed by atoms with Gasteiger partial charge in [0.2, 0.25) is 0 Å². The lowest BCUT2D eigenvalue weighted by Gasteiger charge is -2.12. The van der Waals surface area contributed by atoms with Gasteiger partial charge in [-0.05, 0) is 55.0 Å². The van der Waals surface area contributed by atoms with Gasteiger partial charge in [0.05, 0.1) is 0 Å². The molecule has 0 fully saturated rings. The van der Waals surface area contributed by atoms with E-state index in [1.165, 1.54) is 0 Å². The maximum absolute atomic E-state index is 11.1. The van der Waals surface area contributed by atoms with E-state index in [-0.39, 0.29) is 0 Å². The topological polar surface area (TPSA) is 55.8 Å². The van der Waals surface area contributed by atoms with Crippen molar-refractivity contribution in [2.75, 3.05) is 13.2 Å². The normalized spacial score (nSPS) is 11.7. The zero-order chi connectivity index (χ0) is 20.4. The van der Waals surface area contributed by atoms with E-state index in [1.54, 1.807) is 13.0 Å². The molecule has 0 saturated carbocycles. The molecule has 2 aromatic carbocycles. The van der Waals surface area contributed by atoms with Crippen molar-refractivity contribution in [3.63, 3.8) is 0 Å². The van der Waals surface area contributed by atoms with Crippen LogP contribution in [0.1, 0.15) is 18.1 Å². The van der Waals surface area contributed by atoms with Gasteiger partial charge in [0.1, 0.15) is 12.4 Å². The lowest BCUT2D eigenvalue weighted by atomic mass is 10.1. The van der Waals surface area contributed by atoms with Crippen molar-refractivity contribution in [2.24, 2.45) is 0 Å². The monoisotopic (exact) mass is 506 g/mol. The highest BCUT2D eigenvalue weighted by Gasteiger charge is 2.17. The second kappa shape index (κ2) is 11.7. The van der Waals surface area contributed by atoms with E-state index in [4.69, 9.17) is 14.6 Å². The molecule has 0 aromatic heterocycles. The van der Waals surface area contributed by atoms with Crippen molar-refractivity contribution < 1.29 is 19.4 Å². The van der Waals surface area contributed by atoms with Gasteiger partial charge < -0.3 is 14.6 Å². The number of aliphatic carboxylic acids is 1. The third-order valence-corrected chi connectivity index (χ3v) is 4.53. The summed E-state index contributed by atoms with van der Waals surface area (Å²) in [6.45, 7) is 2.54. The Kier molecular flexibility index (Phi) is 9.29. The first kappa shape index (κ1) is 22.2. The third kappa shape index (κ3) is 7.89. The van der Waals surface area contributed by atoms with Crippen molar-refractivity contribution in [3.05, 3.63) is 74.7 Å². The predicted octanol–water partition coefficient (Wildman–Crippen LogP) is 5.23. The van der Waals surface area contributed by atoms with Crippen LogP contribution in [0.15, 0.2) is 63.6 Å². The van der Waals surface area contributed by atoms with E-state index >= 15 is 0 Å². The van der Waals surface area contributed by atoms with Gasteiger partial charge in [0.25, 0.3) is 0 Å². The number of rotatable bonds is 8. The van der Waals surface area contributed by atoms with E-state index in [0.717, 1.165) is 20.1 Å². The van der Waals surface area contributed by atoms with Gasteiger partial charge in [-0.3, -0.25) is 0 Å². The van der Waals surface area contributed by atoms with Crippen molar-refractivity contribution in [2.45, 2.75) is 19.4 Å². The number of carboxylic acid groups (broad SMARTS) is 1. The third-order valence-electron chi connectivity index (χ3n) is 3.61. The fraction of sp³-hybridized carbons (Fsp3) is 0.227. The molecule has 0 aliphatic heterocycles. The predicted molar refractivity (Wildman–Crippen MR) is 117 cm³/mol. The lowest BCUT2D eigenvalue weighted by Crippen LogP contribution is -2.26. The zero-order valence-corrected chi connectivity index (χ0v) is 18.5. The summed E-state index contributed by atoms with van der Waals surface area (Å²) in [6.07, 6.45) is 3.08. The van der Waals surface area contributed by atoms with Crippen LogP contribution in [0.2, 0.25) is 0 Å². The van der Waals surface area contributed by atoms with Crippen LogP contribution in [0.4, 0.5) is 0 Å². The molecule has 0 radical (unpaired) electrons. The average molecular weight is 508 g/mol. The molecule has 2 aromatic rings. The second-order valence-corrected chi connectivity index (χ2v) is 7.60. The zero-order valence-electron chi connectivity index (χ0n) is 15.3. The number of carboxylic acids is 1. The van der Waals surface area contributed by atoms with Crippen LogP contribution in [0, 0.1) is 11.8 Å². The summed E-state index contributed by atoms with van der Waals surface area (Å²) in [5, 5.41) is 9.13. The van der Waals surface area contributed by atoms with Crippen molar-refractivity contribution in [3.8, 4) is 17.6 Å². The fourth-order valence-electron chi connectivity index (χ4n) is 2.36. The Balaban J connectivity index is 1.82. The summed E-state index contributed by atoms with van der Waals surface area (Å²) in [6, 6.07) is 13.2. The Bertz CT molecular complexity index is 859. The van der Waals surface area contributed by atoms with E-state index in [9.17, 15) is 4.79 Å². The van der Waals surface area contributed by atoms with Crippen LogP contribution in [0.5, 0.6) is 5.75 Å². The molecule has 1 atom stereocenters. The number of carbonyl (C=O) groups is 1. The van der Waals surface area contributed by atoms with Crippen LogP contribution in [-0.2, 0) is 16.0 Å². The highest BCUT2D eigenvalue weighted by molar-refractivity contribution is 9.11. The van der Waals surface area contributed by atoms with Crippen LogP contribution in [0.3, 0.4) is 0 Å². The quantitative estimate of drug-likeness (QED) is 0.497. The smallest absolute Gasteiger partial charge is 0.333 e. The first-order valence-electron chi connectivity index (χ1n) is 8.66. The molecule has 0 unspecified atom stereocenters. The first-order valence-corrected chi connectivity index (χ1v) is 10.3. The molecule has 4 nitrogen and oxygen atoms in total. The minimum Gasteiger partial charge on any atom is -0.490 e. The number of halogens is 2. The molecule has 28 heavy (non-hydrogen) atoms. The number of hydrogen-bond acceptors (Lipinski definition) is 3. The fourth-order valence-corrected chi connectivity index (χ4v) is 3.65. The van der Waals surface area contributed by atoms with Gasteiger partial charge in [-0.1, -0.05) is 55.8 Å². The number of allylic oxidation sites excluding steroid dienone is 1. The molecule has 0 aliphatic carbocycles. The number of hydrogen-bond donors (Lipinski definition) is 1. The van der Waals surface area contributed by atoms with Crippen LogP contribution >= 0.6 is 31.9 Å². The SMILES string of the molecule is CCO[C@@H](Cc1ccc(OCC=CC#Cc2cc(Br)cc(Br)c2)cc1)C(=O)O. The molecule has 0 spiro atoms. The summed E-state index contributed by atoms with van der Waals surface area (Å²) in [5.74, 6) is 5.79. The molecule has 1 N–H and O–H groups in total. The summed E-state index contributed by atoms with van der Waals surface area (Å²) < 4.78 is 12.8. The van der Waals surface area contributed by atoms with Gasteiger partial charge in [0.15, 0.2) is 6.10 Å². The number of benzene rings is 2. The Hall–Kier alpha value is -2.07. The van der Waals surface area contributed by atoms with E-state index in [0.29, 0.717) is 25.4 Å². The van der Waals surface area contributed by atoms with Gasteiger partial charge in [-0.25, -0.2) is 4.79 Å². The Morgan fingerprint density at radius 1 is 1.18 bits per heavy atom. The van der Waals surface area contributed by atoms with Crippen LogP contribution < -0.4 is 4.74 Å². The van der Waals surface area contributed by atoms with Crippen molar-refractivity contribution in [1.29, 1.82) is 0 Å². The maximum atomic E-state index is 11.1. The summed E-state index contributed by atoms with van der Waals surface area (Å²) in [4.78, 5) is 11.1. The van der Waals surface area contributed by atoms with Crippen LogP contribution in [-0.4, -0.2) is 30.4 Å². The average Bonchev–Trinajstić information content (AvgIpc) is 2.64. The lowest BCUT2D eigenvalue weighted by molar-refractivity contribution is -0.149. The van der Waals surface area contributed by atoms with Crippen molar-refractivity contribution >= 4 is 37.8 Å². The molecule has 0 bridgehead atoms. The highest BCUT2D eigenvalue weighted by Crippen LogP contribution is 2.19. The molecule has 0 aliphatic rings. The molecule has 0 saturated heterocycles. The largest absolute Gasteiger partial charge is 0.490 e. The van der Waals surface area contributed by atoms with Crippen LogP contribution in [0.25, 0.3) is 0 Å². The minimum atomic E-state index is -0.955. The molecular formula is C22H20Br2O4. The van der Waals surface area contributed by atoms with Gasteiger partial charge in [0, 0.05) is 27.5 Å². The molecule has 0 amide bonds. The molecule has 146 valence electrons. The number of ether oxygens (including phenoxy) is 2. The molecule has 6 heteroatoms. The standard InChI is InChI=1S/C22H20Br2O4/c1-2-27-21(22(25)26)14-16-7-9-20(10-8-16)28-11-5-3-4-6-17-12-18(23)15-19(24)13-17/h3,5,7-10,12-13,15,21H,2,11,14H2,1H3,(H,25,26)/t21-/m0/s1. The Labute approximate surface area is 181 Å². The second-order valence-electron chi connectivity index (χ2n) is 5.77. The first-order chi connectivity index (χ1) is 13.5. The summed E-state index contributed by atoms with van der Waals surface area (Å²) in [7, 11) is 0. The van der Waals surface area contributed by atoms with E-state index in [1.807, 2.05) is 48.5 Å².